The van der Waals surface area contributed by atoms with Gasteiger partial charge in [-0.3, -0.25) is 9.59 Å². The van der Waals surface area contributed by atoms with Gasteiger partial charge in [0.1, 0.15) is 23.4 Å². The van der Waals surface area contributed by atoms with Crippen molar-refractivity contribution in [3.05, 3.63) is 65.7 Å². The number of rotatable bonds is 15. The number of unbranched alkanes of at least 4 members (excludes halogenated alkanes) is 5. The van der Waals surface area contributed by atoms with Gasteiger partial charge < -0.3 is 25.4 Å². The van der Waals surface area contributed by atoms with Crippen molar-refractivity contribution in [2.24, 2.45) is 0 Å². The summed E-state index contributed by atoms with van der Waals surface area (Å²) in [6, 6.07) is 13.8. The summed E-state index contributed by atoms with van der Waals surface area (Å²) < 4.78 is 5.50. The maximum absolute atomic E-state index is 14.4. The summed E-state index contributed by atoms with van der Waals surface area (Å²) in [5, 5.41) is 15.7. The monoisotopic (exact) mass is 567 g/mol. The molecule has 0 aliphatic heterocycles. The lowest BCUT2D eigenvalue weighted by Crippen LogP contribution is -2.54. The summed E-state index contributed by atoms with van der Waals surface area (Å²) in [7, 11) is 0. The molecule has 3 amide bonds. The Labute approximate surface area is 245 Å². The molecule has 0 saturated carbocycles. The number of hydrogen-bond donors (Lipinski definition) is 3. The first-order valence-corrected chi connectivity index (χ1v) is 14.8. The van der Waals surface area contributed by atoms with Crippen molar-refractivity contribution in [1.29, 1.82) is 0 Å². The van der Waals surface area contributed by atoms with E-state index in [1.165, 1.54) is 12.1 Å². The maximum Gasteiger partial charge on any atom is 0.408 e. The molecular weight excluding hydrogens is 518 g/mol. The Morgan fingerprint density at radius 1 is 0.878 bits per heavy atom. The molecule has 0 saturated heterocycles. The Bertz CT molecular complexity index is 1080. The molecule has 41 heavy (non-hydrogen) atoms. The summed E-state index contributed by atoms with van der Waals surface area (Å²) in [6.07, 6.45) is 5.64. The van der Waals surface area contributed by atoms with Gasteiger partial charge in [-0.2, -0.15) is 0 Å². The number of aromatic hydroxyl groups is 1. The van der Waals surface area contributed by atoms with Crippen molar-refractivity contribution in [3.63, 3.8) is 0 Å². The molecule has 0 aliphatic carbocycles. The number of phenols is 1. The van der Waals surface area contributed by atoms with Crippen molar-refractivity contribution >= 4 is 17.9 Å². The predicted molar refractivity (Wildman–Crippen MR) is 163 cm³/mol. The summed E-state index contributed by atoms with van der Waals surface area (Å²) in [5.74, 6) is -0.620. The lowest BCUT2D eigenvalue weighted by Gasteiger charge is -2.35. The summed E-state index contributed by atoms with van der Waals surface area (Å²) in [6.45, 7) is 11.5. The molecule has 2 aromatic carbocycles. The number of hydrogen-bond acceptors (Lipinski definition) is 5. The maximum atomic E-state index is 14.4. The van der Waals surface area contributed by atoms with Gasteiger partial charge in [0.15, 0.2) is 0 Å². The molecule has 0 spiro atoms. The van der Waals surface area contributed by atoms with E-state index < -0.39 is 23.8 Å². The second-order valence-corrected chi connectivity index (χ2v) is 11.8. The second kappa shape index (κ2) is 16.7. The van der Waals surface area contributed by atoms with Crippen molar-refractivity contribution in [2.45, 2.75) is 110 Å². The van der Waals surface area contributed by atoms with Crippen LogP contribution in [0.3, 0.4) is 0 Å². The minimum Gasteiger partial charge on any atom is -0.508 e. The lowest BCUT2D eigenvalue weighted by molar-refractivity contribution is -0.142. The van der Waals surface area contributed by atoms with Gasteiger partial charge in [-0.25, -0.2) is 4.79 Å². The number of phenolic OH excluding ortho intramolecular Hbond substituents is 1. The Morgan fingerprint density at radius 2 is 1.49 bits per heavy atom. The molecule has 0 radical (unpaired) electrons. The molecule has 226 valence electrons. The Morgan fingerprint density at radius 3 is 2.07 bits per heavy atom. The van der Waals surface area contributed by atoms with E-state index in [0.717, 1.165) is 37.7 Å². The molecule has 2 rings (SSSR count). The minimum atomic E-state index is -0.959. The third kappa shape index (κ3) is 12.2. The first kappa shape index (κ1) is 33.7. The summed E-state index contributed by atoms with van der Waals surface area (Å²) in [4.78, 5) is 42.6. The van der Waals surface area contributed by atoms with Crippen LogP contribution in [-0.2, 0) is 20.7 Å². The zero-order valence-corrected chi connectivity index (χ0v) is 25.6. The van der Waals surface area contributed by atoms with Gasteiger partial charge in [-0.1, -0.05) is 81.5 Å². The smallest absolute Gasteiger partial charge is 0.408 e. The Kier molecular flexibility index (Phi) is 13.7. The number of nitrogens with one attached hydrogen (secondary N) is 2. The molecule has 0 fully saturated rings. The van der Waals surface area contributed by atoms with Crippen LogP contribution >= 0.6 is 0 Å². The Balaban J connectivity index is 2.49. The average Bonchev–Trinajstić information content (AvgIpc) is 2.89. The third-order valence-corrected chi connectivity index (χ3v) is 6.51. The van der Waals surface area contributed by atoms with Gasteiger partial charge in [-0.15, -0.1) is 0 Å². The quantitative estimate of drug-likeness (QED) is 0.220. The minimum absolute atomic E-state index is 0.0686. The highest BCUT2D eigenvalue weighted by Crippen LogP contribution is 2.26. The number of nitrogens with zero attached hydrogens (tertiary/aromatic N) is 1. The van der Waals surface area contributed by atoms with Crippen LogP contribution in [-0.4, -0.2) is 52.1 Å². The number of ether oxygens (including phenoxy) is 1. The number of amides is 3. The standard InChI is InChI=1S/C33H49N3O5/c1-7-8-9-10-11-15-22-36(29(30(38)34-24(2)3)26-18-20-27(37)21-19-26)31(39)28(23-25-16-13-12-14-17-25)35-32(40)41-33(4,5)6/h12-14,16-21,24,28-29,37H,7-11,15,22-23H2,1-6H3,(H,34,38)(H,35,40). The molecule has 0 bridgehead atoms. The normalized spacial score (nSPS) is 12.9. The van der Waals surface area contributed by atoms with Crippen LogP contribution in [0, 0.1) is 0 Å². The highest BCUT2D eigenvalue weighted by molar-refractivity contribution is 5.92. The van der Waals surface area contributed by atoms with Gasteiger partial charge in [0.2, 0.25) is 11.8 Å². The molecule has 2 unspecified atom stereocenters. The largest absolute Gasteiger partial charge is 0.508 e. The SMILES string of the molecule is CCCCCCCCN(C(=O)C(Cc1ccccc1)NC(=O)OC(C)(C)C)C(C(=O)NC(C)C)c1ccc(O)cc1. The van der Waals surface area contributed by atoms with Gasteiger partial charge in [0.05, 0.1) is 0 Å². The number of benzene rings is 2. The van der Waals surface area contributed by atoms with Gasteiger partial charge in [0, 0.05) is 19.0 Å². The van der Waals surface area contributed by atoms with Crippen LogP contribution in [0.4, 0.5) is 4.79 Å². The lowest BCUT2D eigenvalue weighted by atomic mass is 9.99. The van der Waals surface area contributed by atoms with Crippen LogP contribution < -0.4 is 10.6 Å². The van der Waals surface area contributed by atoms with E-state index in [9.17, 15) is 19.5 Å². The highest BCUT2D eigenvalue weighted by Gasteiger charge is 2.36. The van der Waals surface area contributed by atoms with E-state index in [4.69, 9.17) is 4.74 Å². The molecule has 8 heteroatoms. The van der Waals surface area contributed by atoms with E-state index in [1.807, 2.05) is 44.2 Å². The van der Waals surface area contributed by atoms with Gasteiger partial charge in [0.25, 0.3) is 0 Å². The fourth-order valence-electron chi connectivity index (χ4n) is 4.62. The zero-order chi connectivity index (χ0) is 30.4. The first-order chi connectivity index (χ1) is 19.4. The molecule has 3 N–H and O–H groups in total. The van der Waals surface area contributed by atoms with Gasteiger partial charge in [-0.05, 0) is 64.3 Å². The van der Waals surface area contributed by atoms with Crippen molar-refractivity contribution in [1.82, 2.24) is 15.5 Å². The predicted octanol–water partition coefficient (Wildman–Crippen LogP) is 6.28. The fraction of sp³-hybridized carbons (Fsp3) is 0.545. The van der Waals surface area contributed by atoms with Gasteiger partial charge >= 0.3 is 6.09 Å². The number of alkyl carbamates (subject to hydrolysis) is 1. The van der Waals surface area contributed by atoms with Crippen LogP contribution in [0.1, 0.15) is 97.2 Å². The zero-order valence-electron chi connectivity index (χ0n) is 25.6. The van der Waals surface area contributed by atoms with Crippen molar-refractivity contribution in [3.8, 4) is 5.75 Å². The fourth-order valence-corrected chi connectivity index (χ4v) is 4.62. The Hall–Kier alpha value is -3.55. The van der Waals surface area contributed by atoms with Crippen LogP contribution in [0.2, 0.25) is 0 Å². The highest BCUT2D eigenvalue weighted by atomic mass is 16.6. The van der Waals surface area contributed by atoms with Crippen molar-refractivity contribution in [2.75, 3.05) is 6.54 Å². The van der Waals surface area contributed by atoms with E-state index >= 15 is 0 Å². The molecular formula is C33H49N3O5. The second-order valence-electron chi connectivity index (χ2n) is 11.8. The number of carbonyl (C=O) groups is 3. The molecule has 2 aromatic rings. The van der Waals surface area contributed by atoms with Crippen LogP contribution in [0.15, 0.2) is 54.6 Å². The topological polar surface area (TPSA) is 108 Å². The van der Waals surface area contributed by atoms with Crippen molar-refractivity contribution < 1.29 is 24.2 Å². The summed E-state index contributed by atoms with van der Waals surface area (Å²) in [5.41, 5.74) is 0.708. The first-order valence-electron chi connectivity index (χ1n) is 14.8. The van der Waals surface area contributed by atoms with Crippen LogP contribution in [0.5, 0.6) is 5.75 Å². The van der Waals surface area contributed by atoms with E-state index in [2.05, 4.69) is 17.6 Å². The van der Waals surface area contributed by atoms with E-state index in [-0.39, 0.29) is 30.0 Å². The summed E-state index contributed by atoms with van der Waals surface area (Å²) >= 11 is 0. The molecule has 8 nitrogen and oxygen atoms in total. The van der Waals surface area contributed by atoms with E-state index in [0.29, 0.717) is 18.5 Å². The molecule has 0 aliphatic rings. The van der Waals surface area contributed by atoms with Crippen LogP contribution in [0.25, 0.3) is 0 Å². The number of carbonyl (C=O) groups excluding carboxylic acids is 3. The van der Waals surface area contributed by atoms with E-state index in [1.54, 1.807) is 37.8 Å². The molecule has 0 aromatic heterocycles. The third-order valence-electron chi connectivity index (χ3n) is 6.51. The molecule has 0 heterocycles. The average molecular weight is 568 g/mol. The molecule has 2 atom stereocenters.